The van der Waals surface area contributed by atoms with E-state index in [-0.39, 0.29) is 17.4 Å². The van der Waals surface area contributed by atoms with Gasteiger partial charge in [0.15, 0.2) is 9.84 Å². The van der Waals surface area contributed by atoms with E-state index in [9.17, 15) is 13.2 Å². The van der Waals surface area contributed by atoms with Crippen molar-refractivity contribution in [2.75, 3.05) is 37.7 Å². The molecule has 134 valence electrons. The number of benzene rings is 1. The van der Waals surface area contributed by atoms with E-state index in [4.69, 9.17) is 0 Å². The smallest absolute Gasteiger partial charge is 0.270 e. The summed E-state index contributed by atoms with van der Waals surface area (Å²) in [5, 5.41) is 5.55. The van der Waals surface area contributed by atoms with Crippen LogP contribution in [0.3, 0.4) is 0 Å². The van der Waals surface area contributed by atoms with Gasteiger partial charge in [0.2, 0.25) is 0 Å². The quantitative estimate of drug-likeness (QED) is 0.816. The van der Waals surface area contributed by atoms with Gasteiger partial charge in [-0.2, -0.15) is 0 Å². The Morgan fingerprint density at radius 3 is 2.64 bits per heavy atom. The molecule has 1 aromatic heterocycles. The number of carbonyl (C=O) groups excluding carboxylic acids is 1. The Balaban J connectivity index is 1.44. The molecule has 3 rings (SSSR count). The van der Waals surface area contributed by atoms with E-state index in [0.29, 0.717) is 31.9 Å². The van der Waals surface area contributed by atoms with Crippen molar-refractivity contribution in [2.45, 2.75) is 6.42 Å². The zero-order valence-electron chi connectivity index (χ0n) is 13.8. The second-order valence-electron chi connectivity index (χ2n) is 6.04. The summed E-state index contributed by atoms with van der Waals surface area (Å²) in [6.07, 6.45) is 0.723. The molecule has 0 atom stereocenters. The molecule has 1 fully saturated rings. The molecule has 0 spiro atoms. The molecule has 1 aliphatic rings. The van der Waals surface area contributed by atoms with E-state index >= 15 is 0 Å². The van der Waals surface area contributed by atoms with Gasteiger partial charge in [-0.3, -0.25) is 9.69 Å². The third kappa shape index (κ3) is 5.35. The van der Waals surface area contributed by atoms with Gasteiger partial charge in [-0.15, -0.1) is 11.3 Å². The Morgan fingerprint density at radius 2 is 1.92 bits per heavy atom. The Morgan fingerprint density at radius 1 is 1.20 bits per heavy atom. The highest BCUT2D eigenvalue weighted by Crippen LogP contribution is 2.14. The second-order valence-corrected chi connectivity index (χ2v) is 9.28. The molecule has 2 heterocycles. The summed E-state index contributed by atoms with van der Waals surface area (Å²) in [6, 6.07) is 10.0. The number of aromatic nitrogens is 1. The van der Waals surface area contributed by atoms with Crippen LogP contribution in [-0.2, 0) is 16.3 Å². The first-order chi connectivity index (χ1) is 12.0. The average Bonchev–Trinajstić information content (AvgIpc) is 3.06. The van der Waals surface area contributed by atoms with Crippen molar-refractivity contribution in [1.82, 2.24) is 15.2 Å². The van der Waals surface area contributed by atoms with Gasteiger partial charge in [0.25, 0.3) is 5.91 Å². The van der Waals surface area contributed by atoms with Crippen LogP contribution in [0, 0.1) is 0 Å². The van der Waals surface area contributed by atoms with E-state index in [1.807, 2.05) is 30.3 Å². The first-order valence-electron chi connectivity index (χ1n) is 8.21. The van der Waals surface area contributed by atoms with Crippen LogP contribution in [0.25, 0.3) is 0 Å². The predicted octanol–water partition coefficient (Wildman–Crippen LogP) is 1.19. The largest absolute Gasteiger partial charge is 0.349 e. The maximum atomic E-state index is 12.2. The Hall–Kier alpha value is -1.77. The molecule has 0 unspecified atom stereocenters. The lowest BCUT2D eigenvalue weighted by Crippen LogP contribution is -2.43. The summed E-state index contributed by atoms with van der Waals surface area (Å²) < 4.78 is 22.8. The van der Waals surface area contributed by atoms with Crippen LogP contribution < -0.4 is 5.32 Å². The molecule has 1 amide bonds. The number of hydrogen-bond acceptors (Lipinski definition) is 6. The second kappa shape index (κ2) is 8.07. The topological polar surface area (TPSA) is 79.4 Å². The van der Waals surface area contributed by atoms with Gasteiger partial charge >= 0.3 is 0 Å². The molecule has 0 bridgehead atoms. The van der Waals surface area contributed by atoms with Crippen molar-refractivity contribution in [3.63, 3.8) is 0 Å². The minimum atomic E-state index is -2.86. The van der Waals surface area contributed by atoms with E-state index < -0.39 is 9.84 Å². The monoisotopic (exact) mass is 379 g/mol. The highest BCUT2D eigenvalue weighted by molar-refractivity contribution is 7.91. The van der Waals surface area contributed by atoms with Crippen molar-refractivity contribution in [3.8, 4) is 0 Å². The normalized spacial score (nSPS) is 17.3. The molecule has 8 heteroatoms. The molecule has 1 saturated heterocycles. The van der Waals surface area contributed by atoms with Crippen molar-refractivity contribution < 1.29 is 13.2 Å². The number of thiazole rings is 1. The molecular weight excluding hydrogens is 358 g/mol. The highest BCUT2D eigenvalue weighted by Gasteiger charge is 2.21. The zero-order valence-corrected chi connectivity index (χ0v) is 15.5. The van der Waals surface area contributed by atoms with Crippen LogP contribution in [0.4, 0.5) is 0 Å². The Labute approximate surface area is 151 Å². The van der Waals surface area contributed by atoms with Gasteiger partial charge in [0.1, 0.15) is 5.69 Å². The summed E-state index contributed by atoms with van der Waals surface area (Å²) in [7, 11) is -2.86. The van der Waals surface area contributed by atoms with Crippen LogP contribution in [0.1, 0.15) is 21.1 Å². The molecule has 6 nitrogen and oxygen atoms in total. The van der Waals surface area contributed by atoms with Gasteiger partial charge in [0, 0.05) is 38.0 Å². The van der Waals surface area contributed by atoms with Crippen LogP contribution >= 0.6 is 11.3 Å². The van der Waals surface area contributed by atoms with Crippen molar-refractivity contribution >= 4 is 27.1 Å². The standard InChI is InChI=1S/C17H21N3O3S2/c21-17(18-6-7-20-8-10-25(22,23)11-9-20)15-13-24-16(19-15)12-14-4-2-1-3-5-14/h1-5,13H,6-12H2,(H,18,21). The van der Waals surface area contributed by atoms with Crippen molar-refractivity contribution in [2.24, 2.45) is 0 Å². The van der Waals surface area contributed by atoms with Gasteiger partial charge < -0.3 is 5.32 Å². The lowest BCUT2D eigenvalue weighted by molar-refractivity contribution is 0.0944. The summed E-state index contributed by atoms with van der Waals surface area (Å²) in [4.78, 5) is 18.6. The maximum Gasteiger partial charge on any atom is 0.270 e. The number of amides is 1. The number of sulfone groups is 1. The first kappa shape index (κ1) is 18.0. The number of nitrogens with one attached hydrogen (secondary N) is 1. The van der Waals surface area contributed by atoms with Crippen molar-refractivity contribution in [1.29, 1.82) is 0 Å². The fourth-order valence-corrected chi connectivity index (χ4v) is 4.74. The van der Waals surface area contributed by atoms with E-state index in [2.05, 4.69) is 15.2 Å². The third-order valence-electron chi connectivity index (χ3n) is 4.13. The molecule has 1 aromatic carbocycles. The van der Waals surface area contributed by atoms with Gasteiger partial charge in [0.05, 0.1) is 16.5 Å². The maximum absolute atomic E-state index is 12.2. The lowest BCUT2D eigenvalue weighted by Gasteiger charge is -2.26. The van der Waals surface area contributed by atoms with E-state index in [1.54, 1.807) is 5.38 Å². The number of carbonyl (C=O) groups is 1. The number of rotatable bonds is 6. The predicted molar refractivity (Wildman–Crippen MR) is 98.8 cm³/mol. The first-order valence-corrected chi connectivity index (χ1v) is 10.9. The molecule has 1 N–H and O–H groups in total. The fraction of sp³-hybridized carbons (Fsp3) is 0.412. The summed E-state index contributed by atoms with van der Waals surface area (Å²) in [5.74, 6) is 0.228. The van der Waals surface area contributed by atoms with E-state index in [0.717, 1.165) is 11.4 Å². The van der Waals surface area contributed by atoms with Gasteiger partial charge in [-0.05, 0) is 5.56 Å². The number of hydrogen-bond donors (Lipinski definition) is 1. The third-order valence-corrected chi connectivity index (χ3v) is 6.59. The van der Waals surface area contributed by atoms with E-state index in [1.165, 1.54) is 16.9 Å². The summed E-state index contributed by atoms with van der Waals surface area (Å²) in [6.45, 7) is 2.22. The minimum absolute atomic E-state index is 0.180. The minimum Gasteiger partial charge on any atom is -0.349 e. The van der Waals surface area contributed by atoms with Gasteiger partial charge in [-0.1, -0.05) is 30.3 Å². The van der Waals surface area contributed by atoms with Crippen LogP contribution in [-0.4, -0.2) is 61.9 Å². The fourth-order valence-electron chi connectivity index (χ4n) is 2.66. The summed E-state index contributed by atoms with van der Waals surface area (Å²) >= 11 is 1.48. The lowest BCUT2D eigenvalue weighted by atomic mass is 10.2. The van der Waals surface area contributed by atoms with Crippen LogP contribution in [0.5, 0.6) is 0 Å². The zero-order chi connectivity index (χ0) is 17.7. The number of nitrogens with zero attached hydrogens (tertiary/aromatic N) is 2. The molecule has 2 aromatic rings. The molecule has 0 saturated carbocycles. The molecular formula is C17H21N3O3S2. The molecule has 0 radical (unpaired) electrons. The van der Waals surface area contributed by atoms with Crippen molar-refractivity contribution in [3.05, 3.63) is 52.0 Å². The van der Waals surface area contributed by atoms with Gasteiger partial charge in [-0.25, -0.2) is 13.4 Å². The highest BCUT2D eigenvalue weighted by atomic mass is 32.2. The average molecular weight is 380 g/mol. The molecule has 0 aliphatic carbocycles. The molecule has 1 aliphatic heterocycles. The molecule has 25 heavy (non-hydrogen) atoms. The van der Waals surface area contributed by atoms with Crippen LogP contribution in [0.15, 0.2) is 35.7 Å². The Kier molecular flexibility index (Phi) is 5.82. The van der Waals surface area contributed by atoms with Crippen LogP contribution in [0.2, 0.25) is 0 Å². The summed E-state index contributed by atoms with van der Waals surface area (Å²) in [5.41, 5.74) is 1.61. The SMILES string of the molecule is O=C(NCCN1CCS(=O)(=O)CC1)c1csc(Cc2ccccc2)n1. The Bertz CT molecular complexity index is 805.